The molecule has 0 saturated heterocycles. The molecule has 5 nitrogen and oxygen atoms in total. The summed E-state index contributed by atoms with van der Waals surface area (Å²) in [5.41, 5.74) is 6.18. The molecular formula is C10H15N5. The maximum atomic E-state index is 7.46. The Bertz CT molecular complexity index is 346. The molecule has 80 valence electrons. The third-order valence-corrected chi connectivity index (χ3v) is 1.92. The van der Waals surface area contributed by atoms with Gasteiger partial charge < -0.3 is 11.1 Å². The van der Waals surface area contributed by atoms with Crippen LogP contribution in [-0.4, -0.2) is 11.9 Å². The van der Waals surface area contributed by atoms with Crippen molar-refractivity contribution >= 4 is 11.9 Å². The Morgan fingerprint density at radius 2 is 1.87 bits per heavy atom. The number of nitrogens with one attached hydrogen (secondary N) is 4. The van der Waals surface area contributed by atoms with Crippen molar-refractivity contribution in [1.82, 2.24) is 10.6 Å². The van der Waals surface area contributed by atoms with Crippen LogP contribution in [-0.2, 0) is 0 Å². The van der Waals surface area contributed by atoms with E-state index in [4.69, 9.17) is 16.6 Å². The van der Waals surface area contributed by atoms with Gasteiger partial charge >= 0.3 is 0 Å². The summed E-state index contributed by atoms with van der Waals surface area (Å²) in [5, 5.41) is 19.7. The summed E-state index contributed by atoms with van der Waals surface area (Å²) >= 11 is 0. The van der Waals surface area contributed by atoms with Crippen LogP contribution in [0.4, 0.5) is 0 Å². The van der Waals surface area contributed by atoms with Crippen LogP contribution in [0.25, 0.3) is 0 Å². The van der Waals surface area contributed by atoms with Crippen molar-refractivity contribution in [2.75, 3.05) is 0 Å². The maximum absolute atomic E-state index is 7.46. The predicted molar refractivity (Wildman–Crippen MR) is 60.8 cm³/mol. The third-order valence-electron chi connectivity index (χ3n) is 1.92. The first-order valence-corrected chi connectivity index (χ1v) is 4.60. The molecule has 0 spiro atoms. The number of hydrogen-bond donors (Lipinski definition) is 5. The normalized spacial score (nSPS) is 11.5. The van der Waals surface area contributed by atoms with Crippen LogP contribution in [0.5, 0.6) is 0 Å². The van der Waals surface area contributed by atoms with Gasteiger partial charge in [0.1, 0.15) is 0 Å². The Morgan fingerprint density at radius 1 is 1.27 bits per heavy atom. The van der Waals surface area contributed by atoms with Crippen molar-refractivity contribution in [2.45, 2.75) is 13.0 Å². The highest BCUT2D eigenvalue weighted by Gasteiger charge is 2.05. The summed E-state index contributed by atoms with van der Waals surface area (Å²) in [4.78, 5) is 0. The van der Waals surface area contributed by atoms with Gasteiger partial charge in [-0.3, -0.25) is 16.1 Å². The average molecular weight is 205 g/mol. The lowest BCUT2D eigenvalue weighted by atomic mass is 10.1. The van der Waals surface area contributed by atoms with Gasteiger partial charge in [-0.25, -0.2) is 0 Å². The smallest absolute Gasteiger partial charge is 0.195 e. The summed E-state index contributed by atoms with van der Waals surface area (Å²) in [6.45, 7) is 1.94. The second kappa shape index (κ2) is 4.99. The molecule has 0 aliphatic heterocycles. The van der Waals surface area contributed by atoms with E-state index in [-0.39, 0.29) is 18.0 Å². The van der Waals surface area contributed by atoms with Gasteiger partial charge in [0.2, 0.25) is 0 Å². The van der Waals surface area contributed by atoms with Gasteiger partial charge in [-0.2, -0.15) is 0 Å². The second-order valence-corrected chi connectivity index (χ2v) is 3.19. The highest BCUT2D eigenvalue weighted by Crippen LogP contribution is 2.10. The lowest BCUT2D eigenvalue weighted by Gasteiger charge is -2.16. The summed E-state index contributed by atoms with van der Waals surface area (Å²) in [7, 11) is 0. The second-order valence-electron chi connectivity index (χ2n) is 3.19. The minimum Gasteiger partial charge on any atom is -0.370 e. The van der Waals surface area contributed by atoms with Crippen LogP contribution < -0.4 is 16.4 Å². The predicted octanol–water partition coefficient (Wildman–Crippen LogP) is 0.755. The largest absolute Gasteiger partial charge is 0.370 e. The van der Waals surface area contributed by atoms with Crippen LogP contribution in [0.2, 0.25) is 0 Å². The van der Waals surface area contributed by atoms with Crippen LogP contribution in [0.3, 0.4) is 0 Å². The molecule has 0 aromatic heterocycles. The van der Waals surface area contributed by atoms with E-state index in [2.05, 4.69) is 10.6 Å². The number of benzene rings is 1. The SMILES string of the molecule is C[C@H](NC(=N)NC(=N)N)c1ccccc1. The van der Waals surface area contributed by atoms with E-state index in [9.17, 15) is 0 Å². The molecule has 1 aromatic carbocycles. The standard InChI is InChI=1S/C10H15N5/c1-7(8-5-3-2-4-6-8)14-10(13)15-9(11)12/h2-7H,1H3,(H6,11,12,13,14,15)/t7-/m0/s1. The summed E-state index contributed by atoms with van der Waals surface area (Å²) < 4.78 is 0. The van der Waals surface area contributed by atoms with Crippen molar-refractivity contribution in [3.63, 3.8) is 0 Å². The molecule has 15 heavy (non-hydrogen) atoms. The minimum absolute atomic E-state index is 0.00514. The van der Waals surface area contributed by atoms with Gasteiger partial charge in [0, 0.05) is 0 Å². The monoisotopic (exact) mass is 205 g/mol. The van der Waals surface area contributed by atoms with E-state index in [1.807, 2.05) is 37.3 Å². The zero-order chi connectivity index (χ0) is 11.3. The Balaban J connectivity index is 2.53. The first kappa shape index (κ1) is 11.0. The Morgan fingerprint density at radius 3 is 2.40 bits per heavy atom. The molecule has 0 heterocycles. The molecule has 0 unspecified atom stereocenters. The van der Waals surface area contributed by atoms with Crippen molar-refractivity contribution in [3.8, 4) is 0 Å². The van der Waals surface area contributed by atoms with E-state index in [0.29, 0.717) is 0 Å². The van der Waals surface area contributed by atoms with Crippen molar-refractivity contribution in [3.05, 3.63) is 35.9 Å². The maximum Gasteiger partial charge on any atom is 0.195 e. The fraction of sp³-hybridized carbons (Fsp3) is 0.200. The molecule has 5 heteroatoms. The van der Waals surface area contributed by atoms with Crippen LogP contribution >= 0.6 is 0 Å². The zero-order valence-corrected chi connectivity index (χ0v) is 8.54. The molecule has 0 radical (unpaired) electrons. The molecular weight excluding hydrogens is 190 g/mol. The van der Waals surface area contributed by atoms with Gasteiger partial charge in [0.15, 0.2) is 11.9 Å². The van der Waals surface area contributed by atoms with E-state index < -0.39 is 0 Å². The fourth-order valence-corrected chi connectivity index (χ4v) is 1.21. The quantitative estimate of drug-likeness (QED) is 0.364. The van der Waals surface area contributed by atoms with E-state index in [1.54, 1.807) is 0 Å². The van der Waals surface area contributed by atoms with Crippen LogP contribution in [0.1, 0.15) is 18.5 Å². The molecule has 0 bridgehead atoms. The van der Waals surface area contributed by atoms with E-state index >= 15 is 0 Å². The molecule has 1 rings (SSSR count). The van der Waals surface area contributed by atoms with Crippen molar-refractivity contribution < 1.29 is 0 Å². The van der Waals surface area contributed by atoms with Gasteiger partial charge in [0.05, 0.1) is 6.04 Å². The molecule has 0 amide bonds. The van der Waals surface area contributed by atoms with Gasteiger partial charge in [-0.1, -0.05) is 30.3 Å². The number of nitrogens with two attached hydrogens (primary N) is 1. The lowest BCUT2D eigenvalue weighted by Crippen LogP contribution is -2.44. The fourth-order valence-electron chi connectivity index (χ4n) is 1.21. The van der Waals surface area contributed by atoms with Crippen molar-refractivity contribution in [1.29, 1.82) is 10.8 Å². The molecule has 0 fully saturated rings. The Labute approximate surface area is 88.7 Å². The highest BCUT2D eigenvalue weighted by atomic mass is 15.2. The first-order valence-electron chi connectivity index (χ1n) is 4.60. The lowest BCUT2D eigenvalue weighted by molar-refractivity contribution is 0.702. The Kier molecular flexibility index (Phi) is 3.68. The van der Waals surface area contributed by atoms with Gasteiger partial charge in [-0.15, -0.1) is 0 Å². The molecule has 6 N–H and O–H groups in total. The van der Waals surface area contributed by atoms with Crippen LogP contribution in [0.15, 0.2) is 30.3 Å². The van der Waals surface area contributed by atoms with Gasteiger partial charge in [0.25, 0.3) is 0 Å². The van der Waals surface area contributed by atoms with Gasteiger partial charge in [-0.05, 0) is 12.5 Å². The average Bonchev–Trinajstić information content (AvgIpc) is 2.17. The molecule has 0 aliphatic rings. The summed E-state index contributed by atoms with van der Waals surface area (Å²) in [5.74, 6) is -0.216. The van der Waals surface area contributed by atoms with Crippen LogP contribution in [0, 0.1) is 10.8 Å². The number of guanidine groups is 2. The molecule has 1 aromatic rings. The van der Waals surface area contributed by atoms with E-state index in [1.165, 1.54) is 0 Å². The number of hydrogen-bond acceptors (Lipinski definition) is 2. The zero-order valence-electron chi connectivity index (χ0n) is 8.54. The molecule has 1 atom stereocenters. The summed E-state index contributed by atoms with van der Waals surface area (Å²) in [6, 6.07) is 9.77. The summed E-state index contributed by atoms with van der Waals surface area (Å²) in [6.07, 6.45) is 0. The molecule has 0 saturated carbocycles. The minimum atomic E-state index is -0.243. The topological polar surface area (TPSA) is 97.8 Å². The first-order chi connectivity index (χ1) is 7.09. The van der Waals surface area contributed by atoms with Crippen molar-refractivity contribution in [2.24, 2.45) is 5.73 Å². The third kappa shape index (κ3) is 3.68. The van der Waals surface area contributed by atoms with E-state index in [0.717, 1.165) is 5.56 Å². The highest BCUT2D eigenvalue weighted by molar-refractivity contribution is 5.94. The molecule has 0 aliphatic carbocycles. The number of rotatable bonds is 2. The Hall–Kier alpha value is -2.04.